The Balaban J connectivity index is 2.87. The molecule has 2 heteroatoms. The second kappa shape index (κ2) is 5.58. The molecule has 0 spiro atoms. The Morgan fingerprint density at radius 1 is 0.619 bits per heavy atom. The molecule has 2 rings (SSSR count). The Morgan fingerprint density at radius 2 is 0.952 bits per heavy atom. The van der Waals surface area contributed by atoms with E-state index in [-0.39, 0.29) is 0 Å². The van der Waals surface area contributed by atoms with Crippen molar-refractivity contribution >= 4 is 25.6 Å². The molecular formula is C19H28Si2. The Kier molecular flexibility index (Phi) is 4.32. The lowest BCUT2D eigenvalue weighted by atomic mass is 10.2. The highest BCUT2D eigenvalue weighted by Gasteiger charge is 2.55. The molecule has 0 nitrogen and oxygen atoms in total. The summed E-state index contributed by atoms with van der Waals surface area (Å²) in [6.45, 7) is 15.0. The van der Waals surface area contributed by atoms with E-state index >= 15 is 0 Å². The van der Waals surface area contributed by atoms with Crippen LogP contribution in [0.4, 0.5) is 0 Å². The Labute approximate surface area is 132 Å². The predicted octanol–water partition coefficient (Wildman–Crippen LogP) is 4.47. The first-order chi connectivity index (χ1) is 9.71. The summed E-state index contributed by atoms with van der Waals surface area (Å²) >= 11 is 0. The summed E-state index contributed by atoms with van der Waals surface area (Å²) in [4.78, 5) is 0. The molecule has 0 aliphatic heterocycles. The molecule has 0 heterocycles. The molecular weight excluding hydrogens is 284 g/mol. The third kappa shape index (κ3) is 2.67. The molecule has 0 atom stereocenters. The highest BCUT2D eigenvalue weighted by molar-refractivity contribution is 7.51. The van der Waals surface area contributed by atoms with E-state index in [0.717, 1.165) is 0 Å². The lowest BCUT2D eigenvalue weighted by molar-refractivity contribution is 0.742. The second-order valence-electron chi connectivity index (χ2n) is 7.98. The van der Waals surface area contributed by atoms with Crippen LogP contribution in [0.5, 0.6) is 0 Å². The normalized spacial score (nSPS) is 13.2. The van der Waals surface area contributed by atoms with Crippen molar-refractivity contribution in [3.63, 3.8) is 0 Å². The third-order valence-electron chi connectivity index (χ3n) is 4.66. The summed E-state index contributed by atoms with van der Waals surface area (Å²) < 4.78 is 0. The molecule has 0 saturated heterocycles. The molecule has 112 valence electrons. The SMILES string of the molecule is CC(C)(C)[Si](c1ccccc1)(c1ccccc1)[Si](C)(C)C. The van der Waals surface area contributed by atoms with Crippen molar-refractivity contribution in [1.29, 1.82) is 0 Å². The maximum absolute atomic E-state index is 2.56. The highest BCUT2D eigenvalue weighted by Crippen LogP contribution is 2.41. The minimum Gasteiger partial charge on any atom is -0.0708 e. The van der Waals surface area contributed by atoms with Gasteiger partial charge in [0.1, 0.15) is 7.59 Å². The van der Waals surface area contributed by atoms with Crippen LogP contribution >= 0.6 is 0 Å². The number of hydrogen-bond donors (Lipinski definition) is 0. The van der Waals surface area contributed by atoms with Gasteiger partial charge in [0.2, 0.25) is 0 Å². The number of hydrogen-bond acceptors (Lipinski definition) is 0. The summed E-state index contributed by atoms with van der Waals surface area (Å²) in [6, 6.07) is 22.6. The molecule has 0 fully saturated rings. The fraction of sp³-hybridized carbons (Fsp3) is 0.368. The maximum atomic E-state index is 2.56. The van der Waals surface area contributed by atoms with Gasteiger partial charge in [0, 0.05) is 7.59 Å². The lowest BCUT2D eigenvalue weighted by Gasteiger charge is -2.52. The molecule has 2 aromatic rings. The summed E-state index contributed by atoms with van der Waals surface area (Å²) in [5, 5.41) is 3.51. The summed E-state index contributed by atoms with van der Waals surface area (Å²) in [6.07, 6.45) is 0. The van der Waals surface area contributed by atoms with Crippen molar-refractivity contribution in [2.24, 2.45) is 0 Å². The molecule has 0 aliphatic carbocycles. The minimum atomic E-state index is -1.81. The molecule has 0 saturated carbocycles. The first-order valence-corrected chi connectivity index (χ1v) is 14.3. The van der Waals surface area contributed by atoms with Crippen LogP contribution in [-0.2, 0) is 0 Å². The van der Waals surface area contributed by atoms with Gasteiger partial charge in [-0.15, -0.1) is 0 Å². The molecule has 2 aromatic carbocycles. The van der Waals surface area contributed by atoms with Crippen LogP contribution in [0.2, 0.25) is 24.7 Å². The van der Waals surface area contributed by atoms with Crippen molar-refractivity contribution in [2.75, 3.05) is 0 Å². The van der Waals surface area contributed by atoms with E-state index in [1.807, 2.05) is 0 Å². The van der Waals surface area contributed by atoms with Crippen LogP contribution in [-0.4, -0.2) is 15.2 Å². The Morgan fingerprint density at radius 3 is 1.19 bits per heavy atom. The zero-order valence-electron chi connectivity index (χ0n) is 14.3. The fourth-order valence-electron chi connectivity index (χ4n) is 4.40. The van der Waals surface area contributed by atoms with Crippen molar-refractivity contribution < 1.29 is 0 Å². The van der Waals surface area contributed by atoms with Gasteiger partial charge in [-0.05, 0) is 5.04 Å². The average Bonchev–Trinajstić information content (AvgIpc) is 2.38. The molecule has 21 heavy (non-hydrogen) atoms. The van der Waals surface area contributed by atoms with Gasteiger partial charge < -0.3 is 0 Å². The van der Waals surface area contributed by atoms with E-state index in [2.05, 4.69) is 101 Å². The quantitative estimate of drug-likeness (QED) is 0.734. The first kappa shape index (κ1) is 16.2. The number of rotatable bonds is 3. The van der Waals surface area contributed by atoms with Gasteiger partial charge in [-0.3, -0.25) is 0 Å². The topological polar surface area (TPSA) is 0 Å². The van der Waals surface area contributed by atoms with Gasteiger partial charge in [-0.2, -0.15) is 0 Å². The van der Waals surface area contributed by atoms with Gasteiger partial charge in [-0.25, -0.2) is 0 Å². The van der Waals surface area contributed by atoms with Gasteiger partial charge >= 0.3 is 0 Å². The van der Waals surface area contributed by atoms with Gasteiger partial charge in [0.05, 0.1) is 0 Å². The van der Waals surface area contributed by atoms with E-state index in [1.165, 1.54) is 0 Å². The highest BCUT2D eigenvalue weighted by atomic mass is 29.3. The van der Waals surface area contributed by atoms with Crippen LogP contribution in [0.15, 0.2) is 60.7 Å². The first-order valence-electron chi connectivity index (χ1n) is 7.82. The van der Waals surface area contributed by atoms with Gasteiger partial charge in [-0.1, -0.05) is 111 Å². The molecule has 0 amide bonds. The second-order valence-corrected chi connectivity index (χ2v) is 23.4. The van der Waals surface area contributed by atoms with Gasteiger partial charge in [0.25, 0.3) is 0 Å². The van der Waals surface area contributed by atoms with Crippen LogP contribution < -0.4 is 10.4 Å². The van der Waals surface area contributed by atoms with Crippen molar-refractivity contribution in [3.8, 4) is 0 Å². The van der Waals surface area contributed by atoms with Crippen LogP contribution in [0.25, 0.3) is 0 Å². The van der Waals surface area contributed by atoms with Crippen molar-refractivity contribution in [2.45, 2.75) is 45.5 Å². The maximum Gasteiger partial charge on any atom is 0.115 e. The fourth-order valence-corrected chi connectivity index (χ4v) is 24.8. The van der Waals surface area contributed by atoms with E-state index < -0.39 is 15.2 Å². The minimum absolute atomic E-state index is 0.306. The molecule has 0 bridgehead atoms. The van der Waals surface area contributed by atoms with Crippen molar-refractivity contribution in [1.82, 2.24) is 0 Å². The number of benzene rings is 2. The van der Waals surface area contributed by atoms with E-state index in [0.29, 0.717) is 5.04 Å². The lowest BCUT2D eigenvalue weighted by Crippen LogP contribution is -2.77. The van der Waals surface area contributed by atoms with Crippen molar-refractivity contribution in [3.05, 3.63) is 60.7 Å². The molecule has 0 aliphatic rings. The standard InChI is InChI=1S/C19H28Si2/c1-19(2,3)21(20(4,5)6,17-13-9-7-10-14-17)18-15-11-8-12-16-18/h7-16H,1-6H3. The summed E-state index contributed by atoms with van der Waals surface area (Å²) in [7, 11) is -3.23. The largest absolute Gasteiger partial charge is 0.115 e. The van der Waals surface area contributed by atoms with Crippen LogP contribution in [0, 0.1) is 0 Å². The Hall–Kier alpha value is -1.13. The van der Waals surface area contributed by atoms with Gasteiger partial charge in [0.15, 0.2) is 0 Å². The van der Waals surface area contributed by atoms with E-state index in [1.54, 1.807) is 10.4 Å². The predicted molar refractivity (Wildman–Crippen MR) is 101 cm³/mol. The Bertz CT molecular complexity index is 519. The van der Waals surface area contributed by atoms with E-state index in [9.17, 15) is 0 Å². The van der Waals surface area contributed by atoms with E-state index in [4.69, 9.17) is 0 Å². The molecule has 0 radical (unpaired) electrons. The van der Waals surface area contributed by atoms with Crippen LogP contribution in [0.3, 0.4) is 0 Å². The average molecular weight is 313 g/mol. The molecule has 0 aromatic heterocycles. The smallest absolute Gasteiger partial charge is 0.0708 e. The van der Waals surface area contributed by atoms with Crippen LogP contribution in [0.1, 0.15) is 20.8 Å². The zero-order valence-corrected chi connectivity index (χ0v) is 16.3. The summed E-state index contributed by atoms with van der Waals surface area (Å²) in [5.41, 5.74) is 0. The monoisotopic (exact) mass is 312 g/mol. The summed E-state index contributed by atoms with van der Waals surface area (Å²) in [5.74, 6) is 0. The molecule has 0 N–H and O–H groups in total. The zero-order chi connectivity index (χ0) is 15.7. The molecule has 0 unspecified atom stereocenters. The third-order valence-corrected chi connectivity index (χ3v) is 22.3.